The number of carbonyl (C=O) groups is 1. The van der Waals surface area contributed by atoms with Crippen molar-refractivity contribution in [1.29, 1.82) is 0 Å². The van der Waals surface area contributed by atoms with Crippen molar-refractivity contribution >= 4 is 31.9 Å². The van der Waals surface area contributed by atoms with Gasteiger partial charge in [0.05, 0.1) is 4.90 Å². The Labute approximate surface area is 120 Å². The highest BCUT2D eigenvalue weighted by atomic mass is 79.9. The van der Waals surface area contributed by atoms with Gasteiger partial charge >= 0.3 is 0 Å². The molecule has 5 nitrogen and oxygen atoms in total. The summed E-state index contributed by atoms with van der Waals surface area (Å²) in [5, 5.41) is 7.91. The highest BCUT2D eigenvalue weighted by molar-refractivity contribution is 9.10. The molecule has 2 rings (SSSR count). The lowest BCUT2D eigenvalue weighted by Crippen LogP contribution is -2.33. The summed E-state index contributed by atoms with van der Waals surface area (Å²) in [6.45, 7) is 0. The average Bonchev–Trinajstić information content (AvgIpc) is 2.79. The summed E-state index contributed by atoms with van der Waals surface area (Å²) in [7, 11) is -3.83. The van der Waals surface area contributed by atoms with E-state index in [-0.39, 0.29) is 22.4 Å². The molecule has 0 bridgehead atoms. The zero-order valence-corrected chi connectivity index (χ0v) is 12.4. The quantitative estimate of drug-likeness (QED) is 0.815. The van der Waals surface area contributed by atoms with E-state index in [1.54, 1.807) is 6.07 Å². The lowest BCUT2D eigenvalue weighted by atomic mass is 10.2. The van der Waals surface area contributed by atoms with Crippen LogP contribution in [-0.4, -0.2) is 20.4 Å². The van der Waals surface area contributed by atoms with Gasteiger partial charge < -0.3 is 5.32 Å². The molecule has 0 saturated carbocycles. The number of hydrogen-bond donors (Lipinski definition) is 2. The van der Waals surface area contributed by atoms with Crippen LogP contribution in [0.5, 0.6) is 0 Å². The molecule has 1 aliphatic rings. The highest BCUT2D eigenvalue weighted by Gasteiger charge is 2.17. The van der Waals surface area contributed by atoms with Crippen LogP contribution in [0.1, 0.15) is 23.2 Å². The zero-order valence-electron chi connectivity index (χ0n) is 9.97. The maximum Gasteiger partial charge on any atom is 0.251 e. The smallest absolute Gasteiger partial charge is 0.251 e. The molecule has 1 aliphatic carbocycles. The van der Waals surface area contributed by atoms with Gasteiger partial charge in [-0.05, 0) is 31.0 Å². The van der Waals surface area contributed by atoms with Crippen LogP contribution in [0.2, 0.25) is 0 Å². The highest BCUT2D eigenvalue weighted by Crippen LogP contribution is 2.19. The first-order chi connectivity index (χ1) is 8.86. The third-order valence-electron chi connectivity index (χ3n) is 2.81. The third kappa shape index (κ3) is 3.65. The standard InChI is InChI=1S/C12H13BrN2O3S/c13-9-5-8(6-11(7-9)19(14,17)18)12(16)15-10-3-1-2-4-10/h1-2,5-7,10H,3-4H2,(H,15,16)(H2,14,17,18). The number of nitrogens with one attached hydrogen (secondary N) is 1. The van der Waals surface area contributed by atoms with Gasteiger partial charge in [-0.15, -0.1) is 0 Å². The molecule has 102 valence electrons. The van der Waals surface area contributed by atoms with E-state index in [1.165, 1.54) is 12.1 Å². The molecule has 0 heterocycles. The van der Waals surface area contributed by atoms with Gasteiger partial charge in [-0.1, -0.05) is 28.1 Å². The van der Waals surface area contributed by atoms with Crippen LogP contribution >= 0.6 is 15.9 Å². The molecular formula is C12H13BrN2O3S. The molecule has 1 amide bonds. The van der Waals surface area contributed by atoms with Crippen molar-refractivity contribution in [2.75, 3.05) is 0 Å². The number of hydrogen-bond acceptors (Lipinski definition) is 3. The summed E-state index contributed by atoms with van der Waals surface area (Å²) >= 11 is 3.17. The molecule has 0 atom stereocenters. The first kappa shape index (κ1) is 14.2. The Bertz CT molecular complexity index is 632. The summed E-state index contributed by atoms with van der Waals surface area (Å²) < 4.78 is 23.1. The van der Waals surface area contributed by atoms with E-state index in [0.29, 0.717) is 4.47 Å². The number of sulfonamides is 1. The zero-order chi connectivity index (χ0) is 14.0. The van der Waals surface area contributed by atoms with Crippen molar-refractivity contribution in [2.45, 2.75) is 23.8 Å². The van der Waals surface area contributed by atoms with E-state index in [1.807, 2.05) is 12.2 Å². The van der Waals surface area contributed by atoms with Gasteiger partial charge in [0.2, 0.25) is 10.0 Å². The van der Waals surface area contributed by atoms with Crippen LogP contribution in [0.25, 0.3) is 0 Å². The van der Waals surface area contributed by atoms with Crippen LogP contribution in [0.3, 0.4) is 0 Å². The van der Waals surface area contributed by atoms with E-state index in [9.17, 15) is 13.2 Å². The molecule has 7 heteroatoms. The molecule has 19 heavy (non-hydrogen) atoms. The number of primary sulfonamides is 1. The van der Waals surface area contributed by atoms with Crippen molar-refractivity contribution in [3.05, 3.63) is 40.4 Å². The van der Waals surface area contributed by atoms with Gasteiger partial charge in [0.25, 0.3) is 5.91 Å². The number of halogens is 1. The number of amides is 1. The topological polar surface area (TPSA) is 89.3 Å². The second-order valence-electron chi connectivity index (χ2n) is 4.33. The minimum atomic E-state index is -3.83. The molecule has 1 aromatic carbocycles. The van der Waals surface area contributed by atoms with Crippen LogP contribution in [0.4, 0.5) is 0 Å². The van der Waals surface area contributed by atoms with Gasteiger partial charge in [0.1, 0.15) is 0 Å². The minimum Gasteiger partial charge on any atom is -0.349 e. The molecular weight excluding hydrogens is 332 g/mol. The Balaban J connectivity index is 2.24. The molecule has 3 N–H and O–H groups in total. The van der Waals surface area contributed by atoms with Crippen LogP contribution < -0.4 is 10.5 Å². The Morgan fingerprint density at radius 3 is 2.47 bits per heavy atom. The summed E-state index contributed by atoms with van der Waals surface area (Å²) in [5.41, 5.74) is 0.269. The molecule has 0 saturated heterocycles. The Morgan fingerprint density at radius 2 is 1.89 bits per heavy atom. The fourth-order valence-electron chi connectivity index (χ4n) is 1.86. The van der Waals surface area contributed by atoms with Gasteiger partial charge in [0, 0.05) is 16.1 Å². The van der Waals surface area contributed by atoms with Crippen molar-refractivity contribution in [2.24, 2.45) is 5.14 Å². The SMILES string of the molecule is NS(=O)(=O)c1cc(Br)cc(C(=O)NC2CC=CC2)c1. The first-order valence-corrected chi connectivity index (χ1v) is 7.99. The normalized spacial score (nSPS) is 15.7. The largest absolute Gasteiger partial charge is 0.349 e. The number of rotatable bonds is 3. The molecule has 0 unspecified atom stereocenters. The summed E-state index contributed by atoms with van der Waals surface area (Å²) in [5.74, 6) is -0.306. The first-order valence-electron chi connectivity index (χ1n) is 5.65. The summed E-state index contributed by atoms with van der Waals surface area (Å²) in [6.07, 6.45) is 5.59. The van der Waals surface area contributed by atoms with Gasteiger partial charge in [-0.2, -0.15) is 0 Å². The third-order valence-corrected chi connectivity index (χ3v) is 4.16. The van der Waals surface area contributed by atoms with Crippen LogP contribution in [0, 0.1) is 0 Å². The Hall–Kier alpha value is -1.18. The summed E-state index contributed by atoms with van der Waals surface area (Å²) in [6, 6.07) is 4.28. The monoisotopic (exact) mass is 344 g/mol. The number of carbonyl (C=O) groups excluding carboxylic acids is 1. The molecule has 0 aromatic heterocycles. The lowest BCUT2D eigenvalue weighted by molar-refractivity contribution is 0.0938. The molecule has 0 aliphatic heterocycles. The van der Waals surface area contributed by atoms with Gasteiger partial charge in [-0.25, -0.2) is 13.6 Å². The second kappa shape index (κ2) is 5.44. The Kier molecular flexibility index (Phi) is 4.07. The lowest BCUT2D eigenvalue weighted by Gasteiger charge is -2.12. The predicted molar refractivity (Wildman–Crippen MR) is 75.1 cm³/mol. The predicted octanol–water partition coefficient (Wildman–Crippen LogP) is 1.54. The minimum absolute atomic E-state index is 0.0735. The summed E-state index contributed by atoms with van der Waals surface area (Å²) in [4.78, 5) is 12.0. The maximum absolute atomic E-state index is 12.0. The van der Waals surface area contributed by atoms with Crippen molar-refractivity contribution in [3.8, 4) is 0 Å². The van der Waals surface area contributed by atoms with Gasteiger partial charge in [0.15, 0.2) is 0 Å². The molecule has 1 aromatic rings. The van der Waals surface area contributed by atoms with E-state index in [0.717, 1.165) is 12.8 Å². The van der Waals surface area contributed by atoms with Crippen molar-refractivity contribution in [1.82, 2.24) is 5.32 Å². The fourth-order valence-corrected chi connectivity index (χ4v) is 3.09. The van der Waals surface area contributed by atoms with Crippen LogP contribution in [-0.2, 0) is 10.0 Å². The van der Waals surface area contributed by atoms with E-state index < -0.39 is 10.0 Å². The fraction of sp³-hybridized carbons (Fsp3) is 0.250. The average molecular weight is 345 g/mol. The van der Waals surface area contributed by atoms with Crippen LogP contribution in [0.15, 0.2) is 39.7 Å². The number of nitrogens with two attached hydrogens (primary N) is 1. The van der Waals surface area contributed by atoms with E-state index in [2.05, 4.69) is 21.2 Å². The molecule has 0 fully saturated rings. The Morgan fingerprint density at radius 1 is 1.26 bits per heavy atom. The van der Waals surface area contributed by atoms with Crippen molar-refractivity contribution < 1.29 is 13.2 Å². The van der Waals surface area contributed by atoms with Crippen molar-refractivity contribution in [3.63, 3.8) is 0 Å². The number of benzene rings is 1. The van der Waals surface area contributed by atoms with Gasteiger partial charge in [-0.3, -0.25) is 4.79 Å². The second-order valence-corrected chi connectivity index (χ2v) is 6.81. The maximum atomic E-state index is 12.0. The molecule has 0 spiro atoms. The molecule has 0 radical (unpaired) electrons. The van der Waals surface area contributed by atoms with E-state index in [4.69, 9.17) is 5.14 Å². The van der Waals surface area contributed by atoms with E-state index >= 15 is 0 Å².